The van der Waals surface area contributed by atoms with Crippen LogP contribution in [0.15, 0.2) is 0 Å². The third-order valence-electron chi connectivity index (χ3n) is 4.25. The Morgan fingerprint density at radius 1 is 0.778 bits per heavy atom. The number of carbonyl (C=O) groups excluding carboxylic acids is 2. The van der Waals surface area contributed by atoms with Crippen molar-refractivity contribution in [1.82, 2.24) is 6.15 Å². The van der Waals surface area contributed by atoms with E-state index < -0.39 is 24.6 Å². The molecule has 36 heavy (non-hydrogen) atoms. The Morgan fingerprint density at radius 3 is 1.75 bits per heavy atom. The van der Waals surface area contributed by atoms with Crippen molar-refractivity contribution < 1.29 is 42.7 Å². The van der Waals surface area contributed by atoms with Crippen molar-refractivity contribution in [3.8, 4) is 83.4 Å². The lowest BCUT2D eigenvalue weighted by Gasteiger charge is -2.14. The first kappa shape index (κ1) is 34.0. The van der Waals surface area contributed by atoms with Crippen molar-refractivity contribution in [2.24, 2.45) is 0 Å². The standard InChI is InChI=1S/C30H30O5.H3N.13H2/c1-3-5-7-9-11-13-14-15-17-18-20-22-24-29(32)34-27-28(26-31)35-30(33)25-23-21-19-16-12-10-8-6-4-2;;;;;;;;;;;;;;/h1,28,31H,4,6,8,10,12,16,19,21,23,25-27H2,2H3;1H3;13*1H/t28-;;;;;;;;;;;;;;/m0............../s1. The van der Waals surface area contributed by atoms with Crippen LogP contribution >= 0.6 is 0 Å². The van der Waals surface area contributed by atoms with E-state index in [2.05, 4.69) is 83.9 Å². The molecule has 0 aliphatic rings. The fourth-order valence-electron chi connectivity index (χ4n) is 2.55. The minimum atomic E-state index is -0.928. The SMILES string of the molecule is C#CC#CC#CC#CC#CC#CC#CC(=O)OC[C@H](CO)OC(=O)CCCCCCCCCCC.N.[HH].[HH].[HH].[HH].[HH].[HH].[HH].[HH].[HH].[HH].[HH].[HH].[HH]. The van der Waals surface area contributed by atoms with E-state index in [0.29, 0.717) is 0 Å². The minimum Gasteiger partial charge on any atom is -0.456 e. The Morgan fingerprint density at radius 2 is 1.25 bits per heavy atom. The first-order chi connectivity index (χ1) is 17.1. The van der Waals surface area contributed by atoms with E-state index >= 15 is 0 Å². The van der Waals surface area contributed by atoms with Crippen LogP contribution in [0, 0.1) is 83.4 Å². The summed E-state index contributed by atoms with van der Waals surface area (Å²) in [5.41, 5.74) is 0. The molecule has 0 aliphatic heterocycles. The highest BCUT2D eigenvalue weighted by Crippen LogP contribution is 2.11. The van der Waals surface area contributed by atoms with Crippen molar-refractivity contribution in [3.63, 3.8) is 0 Å². The normalized spacial score (nSPS) is 8.69. The number of esters is 2. The number of terminal acetylenes is 1. The van der Waals surface area contributed by atoms with Crippen LogP contribution in [0.1, 0.15) is 89.7 Å². The molecule has 214 valence electrons. The maximum absolute atomic E-state index is 11.9. The van der Waals surface area contributed by atoms with Crippen molar-refractivity contribution in [3.05, 3.63) is 0 Å². The lowest BCUT2D eigenvalue weighted by molar-refractivity contribution is -0.159. The lowest BCUT2D eigenvalue weighted by atomic mass is 10.1. The maximum Gasteiger partial charge on any atom is 0.385 e. The number of unbranched alkanes of at least 4 members (excludes halogenated alkanes) is 8. The van der Waals surface area contributed by atoms with Crippen LogP contribution in [0.25, 0.3) is 0 Å². The van der Waals surface area contributed by atoms with Crippen LogP contribution in [0.4, 0.5) is 0 Å². The first-order valence-corrected chi connectivity index (χ1v) is 11.6. The summed E-state index contributed by atoms with van der Waals surface area (Å²) >= 11 is 0. The largest absolute Gasteiger partial charge is 0.456 e. The molecular weight excluding hydrogens is 454 g/mol. The van der Waals surface area contributed by atoms with Gasteiger partial charge in [-0.1, -0.05) is 58.3 Å². The molecule has 6 nitrogen and oxygen atoms in total. The second kappa shape index (κ2) is 27.0. The smallest absolute Gasteiger partial charge is 0.385 e. The summed E-state index contributed by atoms with van der Waals surface area (Å²) in [4.78, 5) is 23.5. The Kier molecular flexibility index (Phi) is 25.5. The molecule has 4 N–H and O–H groups in total. The Balaban J connectivity index is -0.0000000635. The molecule has 0 aromatic heterocycles. The maximum atomic E-state index is 11.9. The molecule has 1 atom stereocenters. The van der Waals surface area contributed by atoms with Gasteiger partial charge in [0.25, 0.3) is 0 Å². The number of hydrogen-bond donors (Lipinski definition) is 2. The topological polar surface area (TPSA) is 108 Å². The average molecular weight is 514 g/mol. The summed E-state index contributed by atoms with van der Waals surface area (Å²) in [7, 11) is 0. The quantitative estimate of drug-likeness (QED) is 0.121. The molecule has 6 heteroatoms. The van der Waals surface area contributed by atoms with Crippen molar-refractivity contribution in [2.45, 2.75) is 77.2 Å². The van der Waals surface area contributed by atoms with Crippen LogP contribution in [-0.4, -0.2) is 36.4 Å². The molecular formula is C30H59NO5. The molecule has 0 fully saturated rings. The number of aliphatic hydroxyl groups excluding tert-OH is 1. The molecule has 0 rings (SSSR count). The molecule has 0 amide bonds. The molecule has 0 saturated heterocycles. The van der Waals surface area contributed by atoms with Crippen molar-refractivity contribution >= 4 is 11.9 Å². The lowest BCUT2D eigenvalue weighted by Crippen LogP contribution is -2.28. The number of rotatable bonds is 14. The van der Waals surface area contributed by atoms with Gasteiger partial charge in [-0.05, 0) is 77.5 Å². The van der Waals surface area contributed by atoms with Gasteiger partial charge in [0.2, 0.25) is 0 Å². The van der Waals surface area contributed by atoms with Gasteiger partial charge >= 0.3 is 11.9 Å². The number of aliphatic hydroxyl groups is 1. The number of hydrogen-bond acceptors (Lipinski definition) is 6. The summed E-state index contributed by atoms with van der Waals surface area (Å²) < 4.78 is 10.0. The molecule has 0 unspecified atom stereocenters. The summed E-state index contributed by atoms with van der Waals surface area (Å²) in [6, 6.07) is 0. The van der Waals surface area contributed by atoms with E-state index in [9.17, 15) is 14.7 Å². The fraction of sp³-hybridized carbons (Fsp3) is 0.467. The zero-order valence-electron chi connectivity index (χ0n) is 20.9. The summed E-state index contributed by atoms with van der Waals surface area (Å²) in [6.07, 6.45) is 14.6. The molecule has 0 radical (unpaired) electrons. The summed E-state index contributed by atoms with van der Waals surface area (Å²) in [6.45, 7) is 1.46. The minimum absolute atomic E-state index is 0. The highest BCUT2D eigenvalue weighted by molar-refractivity contribution is 5.89. The van der Waals surface area contributed by atoms with E-state index in [-0.39, 0.29) is 37.7 Å². The van der Waals surface area contributed by atoms with Gasteiger partial charge in [0.15, 0.2) is 6.10 Å². The highest BCUT2D eigenvalue weighted by Gasteiger charge is 2.15. The van der Waals surface area contributed by atoms with E-state index in [1.54, 1.807) is 0 Å². The Hall–Kier alpha value is -4.22. The number of carbonyl (C=O) groups is 2. The second-order valence-electron chi connectivity index (χ2n) is 7.12. The van der Waals surface area contributed by atoms with Gasteiger partial charge in [-0.3, -0.25) is 4.79 Å². The van der Waals surface area contributed by atoms with Gasteiger partial charge in [-0.25, -0.2) is 4.79 Å². The van der Waals surface area contributed by atoms with Gasteiger partial charge in [-0.15, -0.1) is 6.42 Å². The van der Waals surface area contributed by atoms with E-state index in [1.165, 1.54) is 38.5 Å². The van der Waals surface area contributed by atoms with E-state index in [0.717, 1.165) is 19.3 Å². The first-order valence-electron chi connectivity index (χ1n) is 11.6. The predicted molar refractivity (Wildman–Crippen MR) is 168 cm³/mol. The van der Waals surface area contributed by atoms with Gasteiger partial charge in [0, 0.05) is 30.9 Å². The molecule has 0 heterocycles. The second-order valence-corrected chi connectivity index (χ2v) is 7.12. The van der Waals surface area contributed by atoms with Gasteiger partial charge in [0.1, 0.15) is 6.61 Å². The van der Waals surface area contributed by atoms with Crippen LogP contribution < -0.4 is 6.15 Å². The predicted octanol–water partition coefficient (Wildman–Crippen LogP) is 6.37. The molecule has 0 aromatic rings. The highest BCUT2D eigenvalue weighted by atomic mass is 16.6. The average Bonchev–Trinajstić information content (AvgIpc) is 2.86. The zero-order chi connectivity index (χ0) is 25.8. The van der Waals surface area contributed by atoms with Crippen LogP contribution in [-0.2, 0) is 19.1 Å². The van der Waals surface area contributed by atoms with E-state index in [1.807, 2.05) is 0 Å². The van der Waals surface area contributed by atoms with Crippen LogP contribution in [0.5, 0.6) is 0 Å². The van der Waals surface area contributed by atoms with Crippen molar-refractivity contribution in [2.75, 3.05) is 13.2 Å². The van der Waals surface area contributed by atoms with Gasteiger partial charge in [-0.2, -0.15) is 0 Å². The molecule has 0 spiro atoms. The zero-order valence-corrected chi connectivity index (χ0v) is 20.9. The third kappa shape index (κ3) is 24.4. The van der Waals surface area contributed by atoms with Gasteiger partial charge < -0.3 is 20.7 Å². The molecule has 0 bridgehead atoms. The van der Waals surface area contributed by atoms with Gasteiger partial charge in [0.05, 0.1) is 6.61 Å². The van der Waals surface area contributed by atoms with Crippen LogP contribution in [0.3, 0.4) is 0 Å². The molecule has 0 aromatic carbocycles. The Bertz CT molecular complexity index is 1120. The van der Waals surface area contributed by atoms with Crippen molar-refractivity contribution in [1.29, 1.82) is 0 Å². The summed E-state index contributed by atoms with van der Waals surface area (Å²) in [5, 5.41) is 9.33. The fourth-order valence-corrected chi connectivity index (χ4v) is 2.55. The molecule has 0 aliphatic carbocycles. The summed E-state index contributed by atoms with van der Waals surface area (Å²) in [5.74, 6) is 29.3. The monoisotopic (exact) mass is 513 g/mol. The molecule has 0 saturated carbocycles. The number of ether oxygens (including phenoxy) is 2. The van der Waals surface area contributed by atoms with E-state index in [4.69, 9.17) is 15.9 Å². The Labute approximate surface area is 235 Å². The third-order valence-corrected chi connectivity index (χ3v) is 4.25. The van der Waals surface area contributed by atoms with Crippen LogP contribution in [0.2, 0.25) is 0 Å².